The van der Waals surface area contributed by atoms with Crippen LogP contribution in [0.3, 0.4) is 0 Å². The van der Waals surface area contributed by atoms with Gasteiger partial charge in [-0.2, -0.15) is 0 Å². The standard InChI is InChI=1S/C14H18ClFN2O/c1-9-6-11(15)7-12(16)14(9)10-2-4-18(5-3-10)13(19)8-17/h6-7,10H,2-5,8,17H2,1H3. The molecule has 1 saturated heterocycles. The maximum Gasteiger partial charge on any atom is 0.236 e. The van der Waals surface area contributed by atoms with E-state index in [0.717, 1.165) is 24.0 Å². The van der Waals surface area contributed by atoms with Crippen molar-refractivity contribution in [3.8, 4) is 0 Å². The second kappa shape index (κ2) is 5.88. The number of carbonyl (C=O) groups excluding carboxylic acids is 1. The van der Waals surface area contributed by atoms with E-state index >= 15 is 0 Å². The highest BCUT2D eigenvalue weighted by molar-refractivity contribution is 6.30. The van der Waals surface area contributed by atoms with Gasteiger partial charge in [0, 0.05) is 18.1 Å². The van der Waals surface area contributed by atoms with E-state index in [2.05, 4.69) is 0 Å². The Morgan fingerprint density at radius 2 is 2.11 bits per heavy atom. The second-order valence-electron chi connectivity index (χ2n) is 4.98. The average molecular weight is 285 g/mol. The highest BCUT2D eigenvalue weighted by Gasteiger charge is 2.26. The van der Waals surface area contributed by atoms with Crippen molar-refractivity contribution in [2.45, 2.75) is 25.7 Å². The largest absolute Gasteiger partial charge is 0.342 e. The lowest BCUT2D eigenvalue weighted by molar-refractivity contribution is -0.130. The molecule has 0 aliphatic carbocycles. The summed E-state index contributed by atoms with van der Waals surface area (Å²) in [6, 6.07) is 3.15. The van der Waals surface area contributed by atoms with Crippen LogP contribution in [0, 0.1) is 12.7 Å². The Morgan fingerprint density at radius 1 is 1.47 bits per heavy atom. The third kappa shape index (κ3) is 3.07. The number of carbonyl (C=O) groups is 1. The first-order valence-electron chi connectivity index (χ1n) is 6.46. The molecule has 0 radical (unpaired) electrons. The summed E-state index contributed by atoms with van der Waals surface area (Å²) in [6.07, 6.45) is 1.54. The molecule has 3 nitrogen and oxygen atoms in total. The number of halogens is 2. The zero-order valence-corrected chi connectivity index (χ0v) is 11.7. The lowest BCUT2D eigenvalue weighted by atomic mass is 9.86. The van der Waals surface area contributed by atoms with Crippen molar-refractivity contribution in [3.05, 3.63) is 34.1 Å². The molecule has 1 fully saturated rings. The summed E-state index contributed by atoms with van der Waals surface area (Å²) in [5.41, 5.74) is 6.97. The van der Waals surface area contributed by atoms with Crippen LogP contribution >= 0.6 is 11.6 Å². The van der Waals surface area contributed by atoms with Gasteiger partial charge in [-0.1, -0.05) is 11.6 Å². The third-order valence-corrected chi connectivity index (χ3v) is 3.95. The van der Waals surface area contributed by atoms with Gasteiger partial charge < -0.3 is 10.6 Å². The molecular weight excluding hydrogens is 267 g/mol. The van der Waals surface area contributed by atoms with Crippen molar-refractivity contribution < 1.29 is 9.18 Å². The fourth-order valence-electron chi connectivity index (χ4n) is 2.78. The van der Waals surface area contributed by atoms with Crippen molar-refractivity contribution in [2.24, 2.45) is 5.73 Å². The molecule has 19 heavy (non-hydrogen) atoms. The van der Waals surface area contributed by atoms with Gasteiger partial charge in [0.15, 0.2) is 0 Å². The quantitative estimate of drug-likeness (QED) is 0.907. The summed E-state index contributed by atoms with van der Waals surface area (Å²) < 4.78 is 14.0. The van der Waals surface area contributed by atoms with Crippen LogP contribution in [0.2, 0.25) is 5.02 Å². The fourth-order valence-corrected chi connectivity index (χ4v) is 3.04. The highest BCUT2D eigenvalue weighted by Crippen LogP contribution is 2.33. The summed E-state index contributed by atoms with van der Waals surface area (Å²) >= 11 is 5.84. The first-order chi connectivity index (χ1) is 9.02. The second-order valence-corrected chi connectivity index (χ2v) is 5.41. The molecule has 104 valence electrons. The maximum absolute atomic E-state index is 14.0. The number of nitrogens with two attached hydrogens (primary N) is 1. The molecule has 1 aromatic carbocycles. The molecule has 0 saturated carbocycles. The number of hydrogen-bond donors (Lipinski definition) is 1. The van der Waals surface area contributed by atoms with Gasteiger partial charge >= 0.3 is 0 Å². The van der Waals surface area contributed by atoms with E-state index < -0.39 is 0 Å². The van der Waals surface area contributed by atoms with E-state index in [9.17, 15) is 9.18 Å². The number of amides is 1. The average Bonchev–Trinajstić information content (AvgIpc) is 2.37. The number of rotatable bonds is 2. The molecule has 0 aromatic heterocycles. The number of aryl methyl sites for hydroxylation is 1. The Kier molecular flexibility index (Phi) is 4.42. The lowest BCUT2D eigenvalue weighted by Gasteiger charge is -2.32. The van der Waals surface area contributed by atoms with Gasteiger partial charge in [0.25, 0.3) is 0 Å². The normalized spacial score (nSPS) is 16.7. The topological polar surface area (TPSA) is 46.3 Å². The third-order valence-electron chi connectivity index (χ3n) is 3.73. The van der Waals surface area contributed by atoms with Gasteiger partial charge in [0.2, 0.25) is 5.91 Å². The predicted molar refractivity (Wildman–Crippen MR) is 73.8 cm³/mol. The number of likely N-dealkylation sites (tertiary alicyclic amines) is 1. The van der Waals surface area contributed by atoms with Crippen LogP contribution < -0.4 is 5.73 Å². The highest BCUT2D eigenvalue weighted by atomic mass is 35.5. The summed E-state index contributed by atoms with van der Waals surface area (Å²) in [5.74, 6) is -0.126. The molecule has 2 N–H and O–H groups in total. The van der Waals surface area contributed by atoms with E-state index in [1.807, 2.05) is 6.92 Å². The van der Waals surface area contributed by atoms with Crippen molar-refractivity contribution in [1.82, 2.24) is 4.90 Å². The molecule has 5 heteroatoms. The summed E-state index contributed by atoms with van der Waals surface area (Å²) in [4.78, 5) is 13.2. The van der Waals surface area contributed by atoms with Crippen LogP contribution in [0.25, 0.3) is 0 Å². The molecule has 2 rings (SSSR count). The van der Waals surface area contributed by atoms with Gasteiger partial charge in [-0.15, -0.1) is 0 Å². The van der Waals surface area contributed by atoms with Crippen LogP contribution in [0.4, 0.5) is 4.39 Å². The molecule has 0 spiro atoms. The van der Waals surface area contributed by atoms with Gasteiger partial charge in [-0.3, -0.25) is 4.79 Å². The molecule has 1 aromatic rings. The number of benzene rings is 1. The zero-order chi connectivity index (χ0) is 14.0. The SMILES string of the molecule is Cc1cc(Cl)cc(F)c1C1CCN(C(=O)CN)CC1. The van der Waals surface area contributed by atoms with Crippen LogP contribution in [-0.2, 0) is 4.79 Å². The molecule has 1 heterocycles. The number of piperidine rings is 1. The van der Waals surface area contributed by atoms with E-state index in [1.54, 1.807) is 11.0 Å². The smallest absolute Gasteiger partial charge is 0.236 e. The number of nitrogens with zero attached hydrogens (tertiary/aromatic N) is 1. The molecule has 0 bridgehead atoms. The lowest BCUT2D eigenvalue weighted by Crippen LogP contribution is -2.41. The van der Waals surface area contributed by atoms with E-state index in [-0.39, 0.29) is 24.2 Å². The van der Waals surface area contributed by atoms with Gasteiger partial charge in [0.05, 0.1) is 6.54 Å². The molecule has 1 aliphatic rings. The minimum Gasteiger partial charge on any atom is -0.342 e. The van der Waals surface area contributed by atoms with Crippen LogP contribution in [-0.4, -0.2) is 30.4 Å². The summed E-state index contributed by atoms with van der Waals surface area (Å²) in [5, 5.41) is 0.425. The monoisotopic (exact) mass is 284 g/mol. The Morgan fingerprint density at radius 3 is 2.63 bits per heavy atom. The van der Waals surface area contributed by atoms with Crippen molar-refractivity contribution in [1.29, 1.82) is 0 Å². The predicted octanol–water partition coefficient (Wildman–Crippen LogP) is 2.45. The van der Waals surface area contributed by atoms with Crippen molar-refractivity contribution in [2.75, 3.05) is 19.6 Å². The van der Waals surface area contributed by atoms with Crippen molar-refractivity contribution >= 4 is 17.5 Å². The van der Waals surface area contributed by atoms with Crippen LogP contribution in [0.5, 0.6) is 0 Å². The van der Waals surface area contributed by atoms with Gasteiger partial charge in [-0.05, 0) is 48.9 Å². The summed E-state index contributed by atoms with van der Waals surface area (Å²) in [7, 11) is 0. The Labute approximate surface area is 117 Å². The number of hydrogen-bond acceptors (Lipinski definition) is 2. The Balaban J connectivity index is 2.12. The first-order valence-corrected chi connectivity index (χ1v) is 6.84. The molecule has 1 amide bonds. The van der Waals surface area contributed by atoms with Crippen molar-refractivity contribution in [3.63, 3.8) is 0 Å². The van der Waals surface area contributed by atoms with Gasteiger partial charge in [-0.25, -0.2) is 4.39 Å². The zero-order valence-electron chi connectivity index (χ0n) is 11.0. The van der Waals surface area contributed by atoms with E-state index in [4.69, 9.17) is 17.3 Å². The summed E-state index contributed by atoms with van der Waals surface area (Å²) in [6.45, 7) is 3.20. The molecular formula is C14H18ClFN2O. The Hall–Kier alpha value is -1.13. The molecule has 1 aliphatic heterocycles. The maximum atomic E-state index is 14.0. The van der Waals surface area contributed by atoms with Gasteiger partial charge in [0.1, 0.15) is 5.82 Å². The minimum atomic E-state index is -0.242. The molecule has 0 unspecified atom stereocenters. The minimum absolute atomic E-state index is 0.0354. The van der Waals surface area contributed by atoms with E-state index in [1.165, 1.54) is 6.07 Å². The van der Waals surface area contributed by atoms with Crippen LogP contribution in [0.15, 0.2) is 12.1 Å². The fraction of sp³-hybridized carbons (Fsp3) is 0.500. The Bertz CT molecular complexity index is 461. The molecule has 0 atom stereocenters. The van der Waals surface area contributed by atoms with E-state index in [0.29, 0.717) is 18.1 Å². The van der Waals surface area contributed by atoms with Crippen LogP contribution in [0.1, 0.15) is 29.9 Å². The first kappa shape index (κ1) is 14.3.